The number of thioether (sulfide) groups is 1. The third-order valence-electron chi connectivity index (χ3n) is 5.82. The van der Waals surface area contributed by atoms with Crippen LogP contribution in [-0.2, 0) is 25.7 Å². The van der Waals surface area contributed by atoms with E-state index in [1.807, 2.05) is 0 Å². The van der Waals surface area contributed by atoms with E-state index < -0.39 is 38.7 Å². The van der Waals surface area contributed by atoms with Gasteiger partial charge in [0, 0.05) is 11.3 Å². The van der Waals surface area contributed by atoms with Gasteiger partial charge in [-0.3, -0.25) is 0 Å². The van der Waals surface area contributed by atoms with Crippen LogP contribution in [0, 0.1) is 0 Å². The smallest absolute Gasteiger partial charge is 0.416 e. The summed E-state index contributed by atoms with van der Waals surface area (Å²) in [6.45, 7) is 3.50. The van der Waals surface area contributed by atoms with Gasteiger partial charge in [-0.05, 0) is 37.3 Å². The fourth-order valence-corrected chi connectivity index (χ4v) is 6.55. The molecular weight excluding hydrogens is 479 g/mol. The average Bonchev–Trinajstić information content (AvgIpc) is 3.18. The predicted octanol–water partition coefficient (Wildman–Crippen LogP) is 3.79. The van der Waals surface area contributed by atoms with Gasteiger partial charge in [-0.25, -0.2) is 17.9 Å². The van der Waals surface area contributed by atoms with Crippen LogP contribution < -0.4 is 4.72 Å². The zero-order valence-electron chi connectivity index (χ0n) is 17.9. The lowest BCUT2D eigenvalue weighted by Crippen LogP contribution is -2.39. The molecule has 12 heteroatoms. The number of sulfonamides is 1. The molecule has 0 aromatic heterocycles. The monoisotopic (exact) mass is 502 g/mol. The van der Waals surface area contributed by atoms with Crippen molar-refractivity contribution in [1.82, 2.24) is 4.72 Å². The van der Waals surface area contributed by atoms with Crippen molar-refractivity contribution >= 4 is 34.0 Å². The summed E-state index contributed by atoms with van der Waals surface area (Å²) >= 11 is 1.14. The normalized spacial score (nSPS) is 26.1. The van der Waals surface area contributed by atoms with Crippen LogP contribution in [0.2, 0.25) is 0 Å². The minimum absolute atomic E-state index is 0.00465. The molecule has 1 aliphatic carbocycles. The number of quaternary nitrogens is 1. The van der Waals surface area contributed by atoms with E-state index in [1.165, 1.54) is 12.3 Å². The van der Waals surface area contributed by atoms with Gasteiger partial charge >= 0.3 is 12.1 Å². The second-order valence-electron chi connectivity index (χ2n) is 7.92. The Balaban J connectivity index is 1.58. The molecule has 2 aliphatic heterocycles. The number of alkyl halides is 3. The van der Waals surface area contributed by atoms with Crippen molar-refractivity contribution in [1.29, 1.82) is 0 Å². The molecule has 0 spiro atoms. The molecule has 1 unspecified atom stereocenters. The molecule has 1 aromatic carbocycles. The molecule has 0 radical (unpaired) electrons. The highest BCUT2D eigenvalue weighted by Crippen LogP contribution is 2.55. The van der Waals surface area contributed by atoms with E-state index in [4.69, 9.17) is 4.74 Å². The molecule has 3 atom stereocenters. The number of esters is 1. The molecule has 1 saturated heterocycles. The Bertz CT molecular complexity index is 1180. The van der Waals surface area contributed by atoms with Crippen LogP contribution in [0.3, 0.4) is 0 Å². The second kappa shape index (κ2) is 8.57. The first-order valence-electron chi connectivity index (χ1n) is 10.4. The molecule has 0 bridgehead atoms. The van der Waals surface area contributed by atoms with E-state index in [2.05, 4.69) is 9.82 Å². The van der Waals surface area contributed by atoms with Crippen LogP contribution in [0.5, 0.6) is 0 Å². The van der Waals surface area contributed by atoms with Crippen molar-refractivity contribution in [2.24, 2.45) is 5.10 Å². The lowest BCUT2D eigenvalue weighted by Gasteiger charge is -2.20. The maximum atomic E-state index is 13.3. The van der Waals surface area contributed by atoms with Crippen molar-refractivity contribution in [3.8, 4) is 0 Å². The minimum Gasteiger partial charge on any atom is -0.431 e. The number of rotatable bonds is 8. The van der Waals surface area contributed by atoms with E-state index >= 15 is 0 Å². The molecule has 4 rings (SSSR count). The van der Waals surface area contributed by atoms with Gasteiger partial charge in [-0.2, -0.15) is 13.2 Å². The van der Waals surface area contributed by atoms with Crippen LogP contribution in [-0.4, -0.2) is 49.6 Å². The molecular formula is C21H23F3N3O4S2+. The summed E-state index contributed by atoms with van der Waals surface area (Å²) in [7, 11) is -4.23. The molecule has 3 aliphatic rings. The number of halogens is 3. The predicted molar refractivity (Wildman–Crippen MR) is 117 cm³/mol. The standard InChI is InChI=1S/C21H23F3N3O4S2/c1-3-7-31-19(28)12-27-18-6-5-17(16(11-25-27)20(18)27)26-33(29,30)15-9-13(21(22,23)24)8-14(10-15)32-4-2/h3,7-11,17-18,26H,4-6,12H2,1-2H3/q+1/b7-3-/t17-,18+,27?/m1/s1. The molecule has 1 fully saturated rings. The van der Waals surface area contributed by atoms with Crippen molar-refractivity contribution < 1.29 is 35.7 Å². The Morgan fingerprint density at radius 3 is 2.76 bits per heavy atom. The topological polar surface area (TPSA) is 84.8 Å². The Morgan fingerprint density at radius 2 is 2.09 bits per heavy atom. The Hall–Kier alpha value is -2.15. The second-order valence-corrected chi connectivity index (χ2v) is 11.0. The highest BCUT2D eigenvalue weighted by atomic mass is 32.2. The van der Waals surface area contributed by atoms with E-state index in [9.17, 15) is 26.4 Å². The van der Waals surface area contributed by atoms with E-state index in [-0.39, 0.29) is 22.1 Å². The number of nitrogens with zero attached hydrogens (tertiary/aromatic N) is 2. The first-order chi connectivity index (χ1) is 15.5. The Labute approximate surface area is 194 Å². The highest BCUT2D eigenvalue weighted by Gasteiger charge is 2.71. The third-order valence-corrected chi connectivity index (χ3v) is 8.12. The van der Waals surface area contributed by atoms with Crippen molar-refractivity contribution in [3.63, 3.8) is 0 Å². The molecule has 1 aromatic rings. The zero-order chi connectivity index (χ0) is 24.0. The van der Waals surface area contributed by atoms with Gasteiger partial charge in [0.25, 0.3) is 0 Å². The van der Waals surface area contributed by atoms with Crippen LogP contribution in [0.4, 0.5) is 13.2 Å². The van der Waals surface area contributed by atoms with Crippen LogP contribution in [0.1, 0.15) is 32.3 Å². The van der Waals surface area contributed by atoms with Crippen LogP contribution in [0.25, 0.3) is 0 Å². The first-order valence-corrected chi connectivity index (χ1v) is 12.8. The maximum Gasteiger partial charge on any atom is 0.416 e. The number of fused-ring (bicyclic) bond motifs is 1. The number of carbonyl (C=O) groups is 1. The SMILES string of the molecule is C/C=C\OC(=O)C[N+]12N=CC3=C1[C@@H]2CC[C@H]3NS(=O)(=O)c1cc(SCC)cc(C(F)(F)F)c1. The Morgan fingerprint density at radius 1 is 1.33 bits per heavy atom. The third kappa shape index (κ3) is 4.48. The van der Waals surface area contributed by atoms with E-state index in [0.717, 1.165) is 23.5 Å². The molecule has 178 valence electrons. The van der Waals surface area contributed by atoms with Crippen LogP contribution >= 0.6 is 11.8 Å². The number of hydrogen-bond donors (Lipinski definition) is 1. The van der Waals surface area contributed by atoms with E-state index in [1.54, 1.807) is 26.1 Å². The fraction of sp³-hybridized carbons (Fsp3) is 0.429. The van der Waals surface area contributed by atoms with E-state index in [0.29, 0.717) is 30.2 Å². The van der Waals surface area contributed by atoms with Gasteiger partial charge in [-0.1, -0.05) is 18.1 Å². The summed E-state index contributed by atoms with van der Waals surface area (Å²) in [5.74, 6) is 0.0528. The first kappa shape index (κ1) is 24.0. The maximum absolute atomic E-state index is 13.3. The molecule has 7 nitrogen and oxygen atoms in total. The lowest BCUT2D eigenvalue weighted by molar-refractivity contribution is -0.792. The van der Waals surface area contributed by atoms with Gasteiger partial charge < -0.3 is 4.74 Å². The summed E-state index contributed by atoms with van der Waals surface area (Å²) in [6.07, 6.45) is 0.815. The largest absolute Gasteiger partial charge is 0.431 e. The molecule has 1 N–H and O–H groups in total. The number of allylic oxidation sites excluding steroid dienone is 1. The fourth-order valence-electron chi connectivity index (χ4n) is 4.40. The lowest BCUT2D eigenvalue weighted by atomic mass is 9.96. The van der Waals surface area contributed by atoms with Gasteiger partial charge in [0.15, 0.2) is 6.04 Å². The molecule has 33 heavy (non-hydrogen) atoms. The molecule has 0 saturated carbocycles. The highest BCUT2D eigenvalue weighted by molar-refractivity contribution is 7.99. The number of hydrogen-bond acceptors (Lipinski definition) is 6. The number of carbonyl (C=O) groups excluding carboxylic acids is 1. The molecule has 0 amide bonds. The van der Waals surface area contributed by atoms with Gasteiger partial charge in [0.05, 0.1) is 34.6 Å². The van der Waals surface area contributed by atoms with Crippen molar-refractivity contribution in [2.45, 2.75) is 54.7 Å². The van der Waals surface area contributed by atoms with Crippen molar-refractivity contribution in [2.75, 3.05) is 12.3 Å². The quantitative estimate of drug-likeness (QED) is 0.192. The average molecular weight is 503 g/mol. The van der Waals surface area contributed by atoms with Gasteiger partial charge in [-0.15, -0.1) is 16.4 Å². The summed E-state index contributed by atoms with van der Waals surface area (Å²) in [6, 6.07) is 2.24. The number of nitrogens with one attached hydrogen (secondary N) is 1. The van der Waals surface area contributed by atoms with Gasteiger partial charge in [0.1, 0.15) is 0 Å². The van der Waals surface area contributed by atoms with Crippen molar-refractivity contribution in [3.05, 3.63) is 47.4 Å². The zero-order valence-corrected chi connectivity index (χ0v) is 19.6. The Kier molecular flexibility index (Phi) is 6.23. The summed E-state index contributed by atoms with van der Waals surface area (Å²) in [4.78, 5) is 11.9. The van der Waals surface area contributed by atoms with Crippen LogP contribution in [0.15, 0.2) is 56.7 Å². The summed E-state index contributed by atoms with van der Waals surface area (Å²) in [5.41, 5.74) is 0.522. The number of ether oxygens (including phenoxy) is 1. The number of benzene rings is 1. The summed E-state index contributed by atoms with van der Waals surface area (Å²) < 4.78 is 73.8. The molecule has 2 heterocycles. The van der Waals surface area contributed by atoms with Gasteiger partial charge in [0.2, 0.25) is 22.3 Å². The summed E-state index contributed by atoms with van der Waals surface area (Å²) in [5, 5.41) is 4.44. The minimum atomic E-state index is -4.66.